The minimum Gasteiger partial charge on any atom is -0.0620 e. The van der Waals surface area contributed by atoms with Gasteiger partial charge in [0.05, 0.1) is 0 Å². The van der Waals surface area contributed by atoms with E-state index in [0.29, 0.717) is 3.67 Å². The molecule has 0 amide bonds. The van der Waals surface area contributed by atoms with Crippen LogP contribution in [0.3, 0.4) is 0 Å². The Morgan fingerprint density at radius 1 is 0.591 bits per heavy atom. The van der Waals surface area contributed by atoms with Gasteiger partial charge in [0.2, 0.25) is 0 Å². The maximum atomic E-state index is 2.62. The van der Waals surface area contributed by atoms with Crippen molar-refractivity contribution in [3.63, 3.8) is 0 Å². The maximum Gasteiger partial charge on any atom is 0.131 e. The van der Waals surface area contributed by atoms with Crippen LogP contribution in [-0.4, -0.2) is 3.67 Å². The van der Waals surface area contributed by atoms with Crippen LogP contribution >= 0.6 is 29.9 Å². The van der Waals surface area contributed by atoms with Gasteiger partial charge >= 0.3 is 0 Å². The van der Waals surface area contributed by atoms with Gasteiger partial charge in [0.15, 0.2) is 0 Å². The van der Waals surface area contributed by atoms with Crippen LogP contribution in [-0.2, 0) is 0 Å². The van der Waals surface area contributed by atoms with Crippen molar-refractivity contribution in [2.45, 2.75) is 10.6 Å². The summed E-state index contributed by atoms with van der Waals surface area (Å²) in [5.41, 5.74) is 0. The smallest absolute Gasteiger partial charge is 0.0620 e. The first-order valence-electron chi connectivity index (χ1n) is 7.46. The summed E-state index contributed by atoms with van der Waals surface area (Å²) in [4.78, 5) is 0. The zero-order chi connectivity index (χ0) is 15.4. The van der Waals surface area contributed by atoms with Crippen LogP contribution in [0.25, 0.3) is 0 Å². The number of alkyl halides is 1. The molecule has 0 radical (unpaired) electrons. The van der Waals surface area contributed by atoms with Crippen molar-refractivity contribution in [1.82, 2.24) is 0 Å². The number of hydrogen-bond acceptors (Lipinski definition) is 0. The average Bonchev–Trinajstić information content (AvgIpc) is 2.58. The molecule has 0 unspecified atom stereocenters. The third kappa shape index (κ3) is 2.73. The van der Waals surface area contributed by atoms with Crippen molar-refractivity contribution in [2.75, 3.05) is 0 Å². The van der Waals surface area contributed by atoms with Crippen LogP contribution < -0.4 is 15.9 Å². The average molecular weight is 417 g/mol. The molecule has 110 valence electrons. The second kappa shape index (κ2) is 6.93. The summed E-state index contributed by atoms with van der Waals surface area (Å²) in [7, 11) is -1.64. The normalized spacial score (nSPS) is 12.8. The Morgan fingerprint density at radius 3 is 1.09 bits per heavy atom. The molecule has 0 saturated carbocycles. The summed E-state index contributed by atoms with van der Waals surface area (Å²) in [6, 6.07) is 33.0. The number of benzene rings is 3. The minimum absolute atomic E-state index is 0.525. The van der Waals surface area contributed by atoms with Crippen molar-refractivity contribution in [3.8, 4) is 0 Å². The second-order valence-electron chi connectivity index (χ2n) is 5.30. The molecule has 0 fully saturated rings. The van der Waals surface area contributed by atoms with E-state index in [9.17, 15) is 0 Å². The standard InChI is InChI=1S/C20H19IP/c1-17(21)22(18-11-5-2-6-12-18,19-13-7-3-8-14-19)20-15-9-4-10-16-20/h2-17H,1H3/q+1/t17-/m1/s1. The van der Waals surface area contributed by atoms with Crippen LogP contribution in [0.15, 0.2) is 91.0 Å². The first-order chi connectivity index (χ1) is 10.8. The monoisotopic (exact) mass is 417 g/mol. The Labute approximate surface area is 147 Å². The van der Waals surface area contributed by atoms with Gasteiger partial charge in [0, 0.05) is 0 Å². The molecular formula is C20H19IP+. The van der Waals surface area contributed by atoms with Gasteiger partial charge in [-0.1, -0.05) is 54.6 Å². The van der Waals surface area contributed by atoms with Crippen LogP contribution in [0.5, 0.6) is 0 Å². The first kappa shape index (κ1) is 15.7. The molecule has 1 atom stereocenters. The molecule has 0 aliphatic rings. The van der Waals surface area contributed by atoms with Gasteiger partial charge in [-0.2, -0.15) is 0 Å². The van der Waals surface area contributed by atoms with E-state index in [1.807, 2.05) is 0 Å². The highest BCUT2D eigenvalue weighted by atomic mass is 127. The Hall–Kier alpha value is -1.18. The van der Waals surface area contributed by atoms with Gasteiger partial charge in [0.1, 0.15) is 26.8 Å². The fraction of sp³-hybridized carbons (Fsp3) is 0.100. The highest BCUT2D eigenvalue weighted by molar-refractivity contribution is 14.1. The molecule has 0 heterocycles. The van der Waals surface area contributed by atoms with Crippen molar-refractivity contribution in [3.05, 3.63) is 91.0 Å². The molecule has 0 spiro atoms. The van der Waals surface area contributed by atoms with Gasteiger partial charge in [0.25, 0.3) is 0 Å². The zero-order valence-electron chi connectivity index (χ0n) is 12.6. The highest BCUT2D eigenvalue weighted by Gasteiger charge is 2.49. The van der Waals surface area contributed by atoms with Gasteiger partial charge in [-0.3, -0.25) is 0 Å². The molecule has 3 aromatic carbocycles. The molecule has 0 nitrogen and oxygen atoms in total. The summed E-state index contributed by atoms with van der Waals surface area (Å²) < 4.78 is 0.525. The molecular weight excluding hydrogens is 398 g/mol. The van der Waals surface area contributed by atoms with Crippen molar-refractivity contribution >= 4 is 45.8 Å². The summed E-state index contributed by atoms with van der Waals surface area (Å²) in [6.45, 7) is 2.35. The van der Waals surface area contributed by atoms with Crippen LogP contribution in [0.2, 0.25) is 0 Å². The number of halogens is 1. The topological polar surface area (TPSA) is 0 Å². The van der Waals surface area contributed by atoms with E-state index in [-0.39, 0.29) is 0 Å². The van der Waals surface area contributed by atoms with E-state index in [2.05, 4.69) is 121 Å². The lowest BCUT2D eigenvalue weighted by Crippen LogP contribution is -2.35. The van der Waals surface area contributed by atoms with E-state index < -0.39 is 7.26 Å². The fourth-order valence-corrected chi connectivity index (χ4v) is 10.0. The first-order valence-corrected chi connectivity index (χ1v) is 10.6. The second-order valence-corrected chi connectivity index (χ2v) is 11.9. The summed E-state index contributed by atoms with van der Waals surface area (Å²) >= 11 is 2.62. The molecule has 3 aromatic rings. The molecule has 0 aromatic heterocycles. The quantitative estimate of drug-likeness (QED) is 0.326. The molecule has 0 N–H and O–H groups in total. The van der Waals surface area contributed by atoms with Gasteiger partial charge in [-0.25, -0.2) is 0 Å². The van der Waals surface area contributed by atoms with Crippen LogP contribution in [0.1, 0.15) is 6.92 Å². The van der Waals surface area contributed by atoms with Gasteiger partial charge in [-0.15, -0.1) is 0 Å². The Kier molecular flexibility index (Phi) is 4.95. The minimum atomic E-state index is -1.64. The van der Waals surface area contributed by atoms with Crippen molar-refractivity contribution in [2.24, 2.45) is 0 Å². The molecule has 0 saturated heterocycles. The molecule has 3 rings (SSSR count). The van der Waals surface area contributed by atoms with E-state index in [1.54, 1.807) is 0 Å². The third-order valence-electron chi connectivity index (χ3n) is 4.02. The number of rotatable bonds is 4. The Morgan fingerprint density at radius 2 is 0.864 bits per heavy atom. The summed E-state index contributed by atoms with van der Waals surface area (Å²) in [5.74, 6) is 0. The maximum absolute atomic E-state index is 2.62. The third-order valence-corrected chi connectivity index (χ3v) is 10.9. The van der Waals surface area contributed by atoms with E-state index in [1.165, 1.54) is 15.9 Å². The lowest BCUT2D eigenvalue weighted by Gasteiger charge is -2.30. The molecule has 2 heteroatoms. The van der Waals surface area contributed by atoms with Gasteiger partial charge in [-0.05, 0) is 65.9 Å². The van der Waals surface area contributed by atoms with E-state index in [0.717, 1.165) is 0 Å². The van der Waals surface area contributed by atoms with E-state index in [4.69, 9.17) is 0 Å². The zero-order valence-corrected chi connectivity index (χ0v) is 15.6. The predicted octanol–water partition coefficient (Wildman–Crippen LogP) is 4.76. The van der Waals surface area contributed by atoms with Crippen molar-refractivity contribution < 1.29 is 0 Å². The van der Waals surface area contributed by atoms with Gasteiger partial charge < -0.3 is 0 Å². The Balaban J connectivity index is 2.34. The van der Waals surface area contributed by atoms with Crippen LogP contribution in [0, 0.1) is 0 Å². The summed E-state index contributed by atoms with van der Waals surface area (Å²) in [5, 5.41) is 4.36. The van der Waals surface area contributed by atoms with E-state index >= 15 is 0 Å². The largest absolute Gasteiger partial charge is 0.131 e. The fourth-order valence-electron chi connectivity index (χ4n) is 3.05. The van der Waals surface area contributed by atoms with Crippen molar-refractivity contribution in [1.29, 1.82) is 0 Å². The molecule has 22 heavy (non-hydrogen) atoms. The lowest BCUT2D eigenvalue weighted by atomic mass is 10.4. The molecule has 0 aliphatic heterocycles. The van der Waals surface area contributed by atoms with Crippen LogP contribution in [0.4, 0.5) is 0 Å². The lowest BCUT2D eigenvalue weighted by molar-refractivity contribution is 1.44. The number of hydrogen-bond donors (Lipinski definition) is 0. The highest BCUT2D eigenvalue weighted by Crippen LogP contribution is 2.61. The molecule has 0 aliphatic carbocycles. The molecule has 0 bridgehead atoms. The Bertz CT molecular complexity index is 612. The SMILES string of the molecule is C[C@H](I)[P+](c1ccccc1)(c1ccccc1)c1ccccc1. The summed E-state index contributed by atoms with van der Waals surface area (Å²) in [6.07, 6.45) is 0. The predicted molar refractivity (Wildman–Crippen MR) is 109 cm³/mol.